The second-order valence-electron chi connectivity index (χ2n) is 5.37. The first kappa shape index (κ1) is 14.6. The van der Waals surface area contributed by atoms with Gasteiger partial charge in [-0.2, -0.15) is 5.10 Å². The fourth-order valence-corrected chi connectivity index (χ4v) is 2.71. The van der Waals surface area contributed by atoms with E-state index in [4.69, 9.17) is 5.11 Å². The highest BCUT2D eigenvalue weighted by Gasteiger charge is 2.29. The summed E-state index contributed by atoms with van der Waals surface area (Å²) in [7, 11) is 1.88. The molecule has 110 valence electrons. The number of aryl methyl sites for hydroxylation is 1. The van der Waals surface area contributed by atoms with Crippen molar-refractivity contribution in [2.75, 3.05) is 6.54 Å². The maximum Gasteiger partial charge on any atom is 0.306 e. The number of hydrogen-bond donors (Lipinski definition) is 2. The Labute approximate surface area is 118 Å². The summed E-state index contributed by atoms with van der Waals surface area (Å²) in [5.41, 5.74) is 1.08. The minimum Gasteiger partial charge on any atom is -0.481 e. The van der Waals surface area contributed by atoms with Gasteiger partial charge in [-0.25, -0.2) is 0 Å². The van der Waals surface area contributed by atoms with Crippen LogP contribution in [0.15, 0.2) is 12.3 Å². The van der Waals surface area contributed by atoms with Crippen molar-refractivity contribution >= 4 is 11.9 Å². The molecule has 0 atom stereocenters. The van der Waals surface area contributed by atoms with Crippen molar-refractivity contribution in [3.63, 3.8) is 0 Å². The Morgan fingerprint density at radius 3 is 2.55 bits per heavy atom. The van der Waals surface area contributed by atoms with Gasteiger partial charge < -0.3 is 10.4 Å². The Morgan fingerprint density at radius 1 is 1.35 bits per heavy atom. The van der Waals surface area contributed by atoms with E-state index in [9.17, 15) is 9.59 Å². The average molecular weight is 279 g/mol. The SMILES string of the molecule is Cn1nccc1CCNC(=O)C1CCC(C(=O)O)CC1. The third-order valence-electron chi connectivity index (χ3n) is 4.05. The van der Waals surface area contributed by atoms with Crippen LogP contribution in [0.25, 0.3) is 0 Å². The molecule has 2 rings (SSSR count). The number of nitrogens with zero attached hydrogens (tertiary/aromatic N) is 2. The molecule has 1 aliphatic carbocycles. The van der Waals surface area contributed by atoms with E-state index in [2.05, 4.69) is 10.4 Å². The first-order chi connectivity index (χ1) is 9.58. The maximum absolute atomic E-state index is 12.0. The lowest BCUT2D eigenvalue weighted by Crippen LogP contribution is -2.35. The predicted molar refractivity (Wildman–Crippen MR) is 73.0 cm³/mol. The van der Waals surface area contributed by atoms with Crippen LogP contribution in [-0.4, -0.2) is 33.3 Å². The number of rotatable bonds is 5. The third kappa shape index (κ3) is 3.59. The topological polar surface area (TPSA) is 84.2 Å². The van der Waals surface area contributed by atoms with E-state index in [1.165, 1.54) is 0 Å². The summed E-state index contributed by atoms with van der Waals surface area (Å²) in [4.78, 5) is 22.9. The smallest absolute Gasteiger partial charge is 0.306 e. The Bertz CT molecular complexity index is 476. The number of hydrogen-bond acceptors (Lipinski definition) is 3. The van der Waals surface area contributed by atoms with Crippen molar-refractivity contribution in [1.29, 1.82) is 0 Å². The van der Waals surface area contributed by atoms with Crippen molar-refractivity contribution in [3.05, 3.63) is 18.0 Å². The van der Waals surface area contributed by atoms with E-state index in [1.54, 1.807) is 10.9 Å². The summed E-state index contributed by atoms with van der Waals surface area (Å²) in [6, 6.07) is 1.93. The molecule has 1 aliphatic rings. The molecule has 1 aromatic rings. The lowest BCUT2D eigenvalue weighted by molar-refractivity contribution is -0.144. The molecule has 1 saturated carbocycles. The first-order valence-corrected chi connectivity index (χ1v) is 7.05. The van der Waals surface area contributed by atoms with Crippen LogP contribution in [0.4, 0.5) is 0 Å². The maximum atomic E-state index is 12.0. The van der Waals surface area contributed by atoms with Gasteiger partial charge in [0.2, 0.25) is 5.91 Å². The number of carbonyl (C=O) groups is 2. The van der Waals surface area contributed by atoms with Crippen LogP contribution >= 0.6 is 0 Å². The van der Waals surface area contributed by atoms with Gasteiger partial charge in [-0.1, -0.05) is 0 Å². The van der Waals surface area contributed by atoms with Crippen LogP contribution in [0.5, 0.6) is 0 Å². The summed E-state index contributed by atoms with van der Waals surface area (Å²) >= 11 is 0. The van der Waals surface area contributed by atoms with Crippen molar-refractivity contribution in [2.24, 2.45) is 18.9 Å². The molecule has 0 unspecified atom stereocenters. The number of carboxylic acids is 1. The minimum atomic E-state index is -0.736. The second kappa shape index (κ2) is 6.54. The number of carboxylic acid groups (broad SMARTS) is 1. The van der Waals surface area contributed by atoms with Crippen LogP contribution in [0, 0.1) is 11.8 Å². The van der Waals surface area contributed by atoms with E-state index < -0.39 is 5.97 Å². The van der Waals surface area contributed by atoms with Gasteiger partial charge in [0.15, 0.2) is 0 Å². The van der Waals surface area contributed by atoms with E-state index in [-0.39, 0.29) is 17.7 Å². The second-order valence-corrected chi connectivity index (χ2v) is 5.37. The summed E-state index contributed by atoms with van der Waals surface area (Å²) in [5.74, 6) is -0.985. The van der Waals surface area contributed by atoms with Crippen molar-refractivity contribution in [3.8, 4) is 0 Å². The van der Waals surface area contributed by atoms with Crippen molar-refractivity contribution < 1.29 is 14.7 Å². The normalized spacial score (nSPS) is 22.4. The molecule has 0 aliphatic heterocycles. The van der Waals surface area contributed by atoms with Crippen LogP contribution < -0.4 is 5.32 Å². The predicted octanol–water partition coefficient (Wildman–Crippen LogP) is 0.970. The van der Waals surface area contributed by atoms with Crippen molar-refractivity contribution in [1.82, 2.24) is 15.1 Å². The van der Waals surface area contributed by atoms with Gasteiger partial charge in [-0.3, -0.25) is 14.3 Å². The molecule has 6 nitrogen and oxygen atoms in total. The highest BCUT2D eigenvalue weighted by atomic mass is 16.4. The highest BCUT2D eigenvalue weighted by molar-refractivity contribution is 5.79. The zero-order valence-electron chi connectivity index (χ0n) is 11.7. The summed E-state index contributed by atoms with van der Waals surface area (Å²) < 4.78 is 1.80. The molecule has 0 bridgehead atoms. The zero-order valence-corrected chi connectivity index (χ0v) is 11.7. The molecule has 20 heavy (non-hydrogen) atoms. The van der Waals surface area contributed by atoms with Crippen LogP contribution in [-0.2, 0) is 23.1 Å². The summed E-state index contributed by atoms with van der Waals surface area (Å²) in [5, 5.41) is 15.9. The van der Waals surface area contributed by atoms with Crippen LogP contribution in [0.1, 0.15) is 31.4 Å². The quantitative estimate of drug-likeness (QED) is 0.841. The fraction of sp³-hybridized carbons (Fsp3) is 0.643. The molecule has 0 radical (unpaired) electrons. The standard InChI is InChI=1S/C14H21N3O3/c1-17-12(7-9-16-17)6-8-15-13(18)10-2-4-11(5-3-10)14(19)20/h7,9-11H,2-6,8H2,1H3,(H,15,18)(H,19,20). The van der Waals surface area contributed by atoms with Gasteiger partial charge in [0.25, 0.3) is 0 Å². The number of nitrogens with one attached hydrogen (secondary N) is 1. The summed E-state index contributed by atoms with van der Waals surface area (Å²) in [6.07, 6.45) is 5.06. The highest BCUT2D eigenvalue weighted by Crippen LogP contribution is 2.28. The van der Waals surface area contributed by atoms with Gasteiger partial charge in [0.1, 0.15) is 0 Å². The van der Waals surface area contributed by atoms with Gasteiger partial charge in [0.05, 0.1) is 5.92 Å². The molecule has 0 aromatic carbocycles. The molecule has 1 aromatic heterocycles. The molecular formula is C14H21N3O3. The molecule has 6 heteroatoms. The van der Waals surface area contributed by atoms with Crippen LogP contribution in [0.2, 0.25) is 0 Å². The Balaban J connectivity index is 1.71. The van der Waals surface area contributed by atoms with E-state index in [1.807, 2.05) is 13.1 Å². The molecule has 2 N–H and O–H groups in total. The minimum absolute atomic E-state index is 0.0304. The molecule has 0 saturated heterocycles. The van der Waals surface area contributed by atoms with Gasteiger partial charge in [-0.05, 0) is 31.7 Å². The Hall–Kier alpha value is -1.85. The van der Waals surface area contributed by atoms with Crippen molar-refractivity contribution in [2.45, 2.75) is 32.1 Å². The van der Waals surface area contributed by atoms with Crippen LogP contribution in [0.3, 0.4) is 0 Å². The molecule has 1 heterocycles. The zero-order chi connectivity index (χ0) is 14.5. The monoisotopic (exact) mass is 279 g/mol. The number of amides is 1. The molecule has 1 fully saturated rings. The largest absolute Gasteiger partial charge is 0.481 e. The lowest BCUT2D eigenvalue weighted by atomic mass is 9.81. The molecule has 0 spiro atoms. The Kier molecular flexibility index (Phi) is 4.76. The fourth-order valence-electron chi connectivity index (χ4n) is 2.71. The third-order valence-corrected chi connectivity index (χ3v) is 4.05. The van der Waals surface area contributed by atoms with E-state index >= 15 is 0 Å². The van der Waals surface area contributed by atoms with E-state index in [0.29, 0.717) is 32.2 Å². The van der Waals surface area contributed by atoms with Gasteiger partial charge >= 0.3 is 5.97 Å². The van der Waals surface area contributed by atoms with E-state index in [0.717, 1.165) is 12.1 Å². The van der Waals surface area contributed by atoms with Gasteiger partial charge in [0, 0.05) is 37.8 Å². The average Bonchev–Trinajstić information content (AvgIpc) is 2.84. The number of aliphatic carboxylic acids is 1. The summed E-state index contributed by atoms with van der Waals surface area (Å²) in [6.45, 7) is 0.594. The molecular weight excluding hydrogens is 258 g/mol. The Morgan fingerprint density at radius 2 is 2.00 bits per heavy atom. The van der Waals surface area contributed by atoms with Gasteiger partial charge in [-0.15, -0.1) is 0 Å². The molecule has 1 amide bonds. The number of carbonyl (C=O) groups excluding carboxylic acids is 1. The lowest BCUT2D eigenvalue weighted by Gasteiger charge is -2.25. The number of aromatic nitrogens is 2. The first-order valence-electron chi connectivity index (χ1n) is 7.05.